The Morgan fingerprint density at radius 1 is 0.944 bits per heavy atom. The maximum Gasteiger partial charge on any atom is 0.0110 e. The van der Waals surface area contributed by atoms with Gasteiger partial charge in [0.2, 0.25) is 0 Å². The molecule has 2 rings (SSSR count). The highest BCUT2D eigenvalue weighted by molar-refractivity contribution is 4.85. The zero-order chi connectivity index (χ0) is 12.8. The number of rotatable bonds is 4. The molecule has 2 heteroatoms. The van der Waals surface area contributed by atoms with Gasteiger partial charge in [0.05, 0.1) is 0 Å². The second-order valence-electron chi connectivity index (χ2n) is 6.59. The lowest BCUT2D eigenvalue weighted by Gasteiger charge is -2.36. The Morgan fingerprint density at radius 2 is 1.56 bits per heavy atom. The third-order valence-electron chi connectivity index (χ3n) is 5.30. The maximum atomic E-state index is 5.93. The largest absolute Gasteiger partial charge is 0.330 e. The summed E-state index contributed by atoms with van der Waals surface area (Å²) in [5, 5.41) is 3.94. The molecular weight excluding hydrogens is 220 g/mol. The summed E-state index contributed by atoms with van der Waals surface area (Å²) < 4.78 is 0. The number of nitrogens with two attached hydrogens (primary N) is 1. The molecule has 2 aliphatic carbocycles. The zero-order valence-corrected chi connectivity index (χ0v) is 12.2. The Morgan fingerprint density at radius 3 is 2.22 bits per heavy atom. The van der Waals surface area contributed by atoms with Crippen LogP contribution in [0.5, 0.6) is 0 Å². The normalized spacial score (nSPS) is 33.0. The molecule has 0 aliphatic heterocycles. The number of nitrogens with one attached hydrogen (secondary N) is 1. The van der Waals surface area contributed by atoms with E-state index in [4.69, 9.17) is 5.73 Å². The molecule has 0 aromatic carbocycles. The van der Waals surface area contributed by atoms with Crippen molar-refractivity contribution >= 4 is 0 Å². The summed E-state index contributed by atoms with van der Waals surface area (Å²) in [5.74, 6) is 1.64. The van der Waals surface area contributed by atoms with E-state index >= 15 is 0 Å². The van der Waals surface area contributed by atoms with Crippen LogP contribution in [0.25, 0.3) is 0 Å². The average Bonchev–Trinajstić information content (AvgIpc) is 2.68. The van der Waals surface area contributed by atoms with Gasteiger partial charge in [-0.15, -0.1) is 0 Å². The van der Waals surface area contributed by atoms with E-state index in [1.165, 1.54) is 64.2 Å². The molecule has 2 unspecified atom stereocenters. The standard InChI is InChI=1S/C16H32N2/c1-13(14-8-4-2-3-5-9-14)18-16-11-7-6-10-15(16)12-17/h13-16,18H,2-12,17H2,1H3/t13-,15?,16?/m1/s1. The molecule has 0 spiro atoms. The van der Waals surface area contributed by atoms with Crippen LogP contribution in [0, 0.1) is 11.8 Å². The van der Waals surface area contributed by atoms with Crippen molar-refractivity contribution in [1.82, 2.24) is 5.32 Å². The molecular formula is C16H32N2. The first-order chi connectivity index (χ1) is 8.81. The van der Waals surface area contributed by atoms with Gasteiger partial charge >= 0.3 is 0 Å². The highest BCUT2D eigenvalue weighted by atomic mass is 15.0. The Balaban J connectivity index is 1.82. The van der Waals surface area contributed by atoms with Crippen LogP contribution in [0.4, 0.5) is 0 Å². The van der Waals surface area contributed by atoms with Crippen LogP contribution in [0.1, 0.15) is 71.1 Å². The summed E-state index contributed by atoms with van der Waals surface area (Å²) in [4.78, 5) is 0. The zero-order valence-electron chi connectivity index (χ0n) is 12.2. The van der Waals surface area contributed by atoms with Crippen LogP contribution >= 0.6 is 0 Å². The first-order valence-corrected chi connectivity index (χ1v) is 8.27. The van der Waals surface area contributed by atoms with E-state index in [9.17, 15) is 0 Å². The van der Waals surface area contributed by atoms with Gasteiger partial charge in [0, 0.05) is 12.1 Å². The molecule has 0 radical (unpaired) electrons. The average molecular weight is 252 g/mol. The van der Waals surface area contributed by atoms with E-state index in [2.05, 4.69) is 12.2 Å². The number of hydrogen-bond acceptors (Lipinski definition) is 2. The fourth-order valence-electron chi connectivity index (χ4n) is 3.99. The van der Waals surface area contributed by atoms with E-state index < -0.39 is 0 Å². The lowest BCUT2D eigenvalue weighted by atomic mass is 9.83. The summed E-state index contributed by atoms with van der Waals surface area (Å²) in [5.41, 5.74) is 5.93. The van der Waals surface area contributed by atoms with Crippen molar-refractivity contribution in [3.8, 4) is 0 Å². The van der Waals surface area contributed by atoms with Crippen LogP contribution in [0.15, 0.2) is 0 Å². The molecule has 0 aromatic heterocycles. The fraction of sp³-hybridized carbons (Fsp3) is 1.00. The SMILES string of the molecule is C[C@@H](NC1CCCCC1CN)C1CCCCCC1. The Kier molecular flexibility index (Phi) is 5.97. The first-order valence-electron chi connectivity index (χ1n) is 8.27. The Bertz CT molecular complexity index is 221. The van der Waals surface area contributed by atoms with Crippen molar-refractivity contribution in [3.63, 3.8) is 0 Å². The Labute approximate surface area is 113 Å². The van der Waals surface area contributed by atoms with E-state index in [-0.39, 0.29) is 0 Å². The molecule has 3 atom stereocenters. The van der Waals surface area contributed by atoms with Crippen LogP contribution < -0.4 is 11.1 Å². The second-order valence-corrected chi connectivity index (χ2v) is 6.59. The molecule has 3 N–H and O–H groups in total. The van der Waals surface area contributed by atoms with Gasteiger partial charge in [-0.05, 0) is 51.0 Å². The molecule has 0 saturated heterocycles. The third-order valence-corrected chi connectivity index (χ3v) is 5.30. The van der Waals surface area contributed by atoms with Crippen LogP contribution in [-0.4, -0.2) is 18.6 Å². The summed E-state index contributed by atoms with van der Waals surface area (Å²) in [6, 6.07) is 1.39. The van der Waals surface area contributed by atoms with Crippen molar-refractivity contribution in [2.24, 2.45) is 17.6 Å². The van der Waals surface area contributed by atoms with Gasteiger partial charge in [-0.2, -0.15) is 0 Å². The minimum Gasteiger partial charge on any atom is -0.330 e. The predicted octanol–water partition coefficient (Wildman–Crippen LogP) is 3.45. The summed E-state index contributed by atoms with van der Waals surface area (Å²) in [6.07, 6.45) is 14.1. The highest BCUT2D eigenvalue weighted by Crippen LogP contribution is 2.28. The molecule has 2 aliphatic rings. The molecule has 2 saturated carbocycles. The summed E-state index contributed by atoms with van der Waals surface area (Å²) in [7, 11) is 0. The van der Waals surface area contributed by atoms with Gasteiger partial charge < -0.3 is 11.1 Å². The monoisotopic (exact) mass is 252 g/mol. The predicted molar refractivity (Wildman–Crippen MR) is 78.6 cm³/mol. The number of hydrogen-bond donors (Lipinski definition) is 2. The minimum absolute atomic E-state index is 0.695. The summed E-state index contributed by atoms with van der Waals surface area (Å²) in [6.45, 7) is 3.28. The van der Waals surface area contributed by atoms with Gasteiger partial charge in [0.25, 0.3) is 0 Å². The molecule has 0 amide bonds. The Hall–Kier alpha value is -0.0800. The fourth-order valence-corrected chi connectivity index (χ4v) is 3.99. The van der Waals surface area contributed by atoms with Crippen molar-refractivity contribution < 1.29 is 0 Å². The van der Waals surface area contributed by atoms with Crippen molar-refractivity contribution in [2.45, 2.75) is 83.2 Å². The minimum atomic E-state index is 0.695. The second kappa shape index (κ2) is 7.49. The van der Waals surface area contributed by atoms with E-state index in [0.717, 1.165) is 18.4 Å². The highest BCUT2D eigenvalue weighted by Gasteiger charge is 2.27. The van der Waals surface area contributed by atoms with Gasteiger partial charge in [-0.1, -0.05) is 38.5 Å². The van der Waals surface area contributed by atoms with E-state index in [1.54, 1.807) is 0 Å². The first kappa shape index (κ1) is 14.3. The topological polar surface area (TPSA) is 38.0 Å². The molecule has 0 heterocycles. The van der Waals surface area contributed by atoms with Gasteiger partial charge in [-0.25, -0.2) is 0 Å². The maximum absolute atomic E-state index is 5.93. The summed E-state index contributed by atoms with van der Waals surface area (Å²) >= 11 is 0. The van der Waals surface area contributed by atoms with Crippen LogP contribution in [0.2, 0.25) is 0 Å². The van der Waals surface area contributed by atoms with Crippen molar-refractivity contribution in [2.75, 3.05) is 6.54 Å². The van der Waals surface area contributed by atoms with Gasteiger partial charge in [0.1, 0.15) is 0 Å². The molecule has 0 aromatic rings. The lowest BCUT2D eigenvalue weighted by molar-refractivity contribution is 0.218. The quantitative estimate of drug-likeness (QED) is 0.752. The van der Waals surface area contributed by atoms with Crippen LogP contribution in [0.3, 0.4) is 0 Å². The van der Waals surface area contributed by atoms with Crippen molar-refractivity contribution in [3.05, 3.63) is 0 Å². The van der Waals surface area contributed by atoms with Crippen LogP contribution in [-0.2, 0) is 0 Å². The smallest absolute Gasteiger partial charge is 0.0110 e. The molecule has 2 nitrogen and oxygen atoms in total. The van der Waals surface area contributed by atoms with Gasteiger partial charge in [0.15, 0.2) is 0 Å². The lowest BCUT2D eigenvalue weighted by Crippen LogP contribution is -2.48. The molecule has 2 fully saturated rings. The third kappa shape index (κ3) is 3.96. The molecule has 0 bridgehead atoms. The molecule has 106 valence electrons. The molecule has 18 heavy (non-hydrogen) atoms. The van der Waals surface area contributed by atoms with E-state index in [1.807, 2.05) is 0 Å². The van der Waals surface area contributed by atoms with E-state index in [0.29, 0.717) is 12.1 Å². The van der Waals surface area contributed by atoms with Gasteiger partial charge in [-0.3, -0.25) is 0 Å². The van der Waals surface area contributed by atoms with Crippen molar-refractivity contribution in [1.29, 1.82) is 0 Å².